The molecule has 0 amide bonds. The summed E-state index contributed by atoms with van der Waals surface area (Å²) in [5, 5.41) is 54.2. The van der Waals surface area contributed by atoms with Crippen LogP contribution in [0.4, 0.5) is 111 Å². The van der Waals surface area contributed by atoms with E-state index in [-0.39, 0.29) is 53.4 Å². The van der Waals surface area contributed by atoms with Crippen LogP contribution in [0.1, 0.15) is 173 Å². The van der Waals surface area contributed by atoms with Gasteiger partial charge in [0.25, 0.3) is 0 Å². The lowest BCUT2D eigenvalue weighted by Gasteiger charge is -2.15. The molecule has 12 aromatic rings. The van der Waals surface area contributed by atoms with Crippen LogP contribution in [0.5, 0.6) is 0 Å². The Balaban J connectivity index is 0.000000123. The van der Waals surface area contributed by atoms with Crippen LogP contribution in [-0.4, -0.2) is 106 Å². The first-order valence-corrected chi connectivity index (χ1v) is 33.5. The molecule has 37 heteroatoms. The predicted octanol–water partition coefficient (Wildman–Crippen LogP) is 11.8. The van der Waals surface area contributed by atoms with Gasteiger partial charge in [-0.1, -0.05) is 6.07 Å². The van der Waals surface area contributed by atoms with Gasteiger partial charge in [0.1, 0.15) is 69.8 Å². The molecule has 4 saturated carbocycles. The van der Waals surface area contributed by atoms with Crippen LogP contribution in [0.25, 0.3) is 0 Å². The van der Waals surface area contributed by atoms with E-state index in [1.807, 2.05) is 63.2 Å². The van der Waals surface area contributed by atoms with Crippen LogP contribution < -0.4 is 65.5 Å². The summed E-state index contributed by atoms with van der Waals surface area (Å²) < 4.78 is 52.9. The highest BCUT2D eigenvalue weighted by Gasteiger charge is 2.29. The van der Waals surface area contributed by atoms with Crippen molar-refractivity contribution in [1.29, 1.82) is 0 Å². The zero-order chi connectivity index (χ0) is 72.4. The summed E-state index contributed by atoms with van der Waals surface area (Å²) in [6, 6.07) is 23.3. The normalized spacial score (nSPS) is 14.8. The number of anilines is 16. The molecule has 0 aliphatic heterocycles. The van der Waals surface area contributed by atoms with Gasteiger partial charge in [-0.05, 0) is 103 Å². The maximum absolute atomic E-state index is 13.9. The number of pyridine rings is 3. The number of hydrogen-bond acceptors (Lipinski definition) is 29. The Labute approximate surface area is 591 Å². The highest BCUT2D eigenvalue weighted by molar-refractivity contribution is 5.63. The van der Waals surface area contributed by atoms with Crippen molar-refractivity contribution in [3.8, 4) is 0 Å². The molecule has 0 bridgehead atoms. The minimum Gasteiger partial charge on any atom is -0.368 e. The summed E-state index contributed by atoms with van der Waals surface area (Å²) in [6.45, 7) is 7.45. The Bertz CT molecular complexity index is 4690. The molecule has 4 aliphatic rings. The third kappa shape index (κ3) is 19.5. The largest absolute Gasteiger partial charge is 0.368 e. The van der Waals surface area contributed by atoms with Gasteiger partial charge in [0.2, 0.25) is 23.8 Å². The van der Waals surface area contributed by atoms with Gasteiger partial charge in [-0.25, -0.2) is 27.5 Å². The molecule has 0 aromatic carbocycles. The van der Waals surface area contributed by atoms with Crippen molar-refractivity contribution in [2.75, 3.05) is 65.5 Å². The van der Waals surface area contributed by atoms with Crippen LogP contribution in [0.3, 0.4) is 0 Å². The van der Waals surface area contributed by atoms with E-state index in [0.717, 1.165) is 58.9 Å². The molecule has 536 valence electrons. The lowest BCUT2D eigenvalue weighted by atomic mass is 10.2. The lowest BCUT2D eigenvalue weighted by molar-refractivity contribution is 0.550. The van der Waals surface area contributed by atoms with Crippen molar-refractivity contribution in [1.82, 2.24) is 106 Å². The molecule has 0 saturated heterocycles. The van der Waals surface area contributed by atoms with Crippen molar-refractivity contribution < 1.29 is 17.6 Å². The molecule has 16 rings (SSSR count). The quantitative estimate of drug-likeness (QED) is 0.0250. The van der Waals surface area contributed by atoms with E-state index in [1.165, 1.54) is 63.6 Å². The van der Waals surface area contributed by atoms with Gasteiger partial charge in [-0.2, -0.15) is 60.3 Å². The predicted molar refractivity (Wildman–Crippen MR) is 384 cm³/mol. The molecule has 0 spiro atoms. The number of aromatic amines is 4. The maximum atomic E-state index is 13.9. The molecule has 104 heavy (non-hydrogen) atoms. The second kappa shape index (κ2) is 31.3. The van der Waals surface area contributed by atoms with Crippen molar-refractivity contribution in [2.45, 2.75) is 127 Å². The van der Waals surface area contributed by atoms with Gasteiger partial charge < -0.3 is 65.5 Å². The number of H-pyrrole nitrogens is 4. The summed E-state index contributed by atoms with van der Waals surface area (Å²) in [5.74, 6) is 7.80. The Morgan fingerprint density at radius 2 is 0.692 bits per heavy atom. The first-order valence-electron chi connectivity index (χ1n) is 33.5. The standard InChI is InChI=1S/C17H18F2N8.C17H19FN8.C17H20N8.C16H18FN9/c1-8(16-11(19)4-10(18)7-21-16)22-13-6-14(25-17(20)24-13)23-15-5-12(26-27-15)9-2-3-9;1-9(12-5-4-11(18)8-20-12)21-14-7-15(24-17(19)23-14)22-16-6-13(25-26-16)10-2-3-10;1-10(12-4-2-3-7-19-12)20-14-9-15(23-17(18)22-14)21-16-8-13(24-25-16)11-5-6-11;1-8(15-19-6-10(17)7-20-15)21-12-5-13(24-16(18)23-12)22-14-4-11(25-26-14)9-2-3-9/h4-9H,2-3H2,1H3,(H5,20,22,23,24,25,26,27);4-10H,2-3H2,1H3,(H5,19,21,22,23,24,25,26);2-4,7-11H,5-6H2,1H3,(H5,18,20,21,22,23,24,25);4-9H,2-3H2,1H3,(H5,18,21,22,23,24,25,26). The molecule has 4 fully saturated rings. The number of aromatic nitrogens is 21. The fourth-order valence-corrected chi connectivity index (χ4v) is 10.7. The molecule has 0 radical (unpaired) electrons. The number of nitrogens with one attached hydrogen (secondary N) is 12. The van der Waals surface area contributed by atoms with Crippen molar-refractivity contribution in [3.05, 3.63) is 185 Å². The summed E-state index contributed by atoms with van der Waals surface area (Å²) in [6.07, 6.45) is 15.7. The number of halogens is 4. The minimum atomic E-state index is -0.737. The van der Waals surface area contributed by atoms with Crippen molar-refractivity contribution in [3.63, 3.8) is 0 Å². The molecule has 20 N–H and O–H groups in total. The van der Waals surface area contributed by atoms with Gasteiger partial charge >= 0.3 is 0 Å². The first-order chi connectivity index (χ1) is 50.3. The monoisotopic (exact) mass is 1420 g/mol. The third-order valence-corrected chi connectivity index (χ3v) is 16.5. The number of nitrogen functional groups attached to an aromatic ring is 4. The van der Waals surface area contributed by atoms with E-state index < -0.39 is 23.5 Å². The second-order valence-electron chi connectivity index (χ2n) is 25.3. The second-order valence-corrected chi connectivity index (χ2v) is 25.3. The Hall–Kier alpha value is -13.0. The smallest absolute Gasteiger partial charge is 0.223 e. The SMILES string of the molecule is CC(Nc1cc(Nc2cc(C3CC3)[nH]n2)nc(N)n1)c1ccc(F)cn1.CC(Nc1cc(Nc2cc(C3CC3)[nH]n2)nc(N)n1)c1ccccn1.CC(Nc1cc(Nc2cc(C3CC3)[nH]n2)nc(N)n1)c1ncc(F)cc1F.CC(Nc1cc(Nc2cc(C3CC3)[nH]n2)nc(N)n1)c1ncc(F)cn1. The van der Waals surface area contributed by atoms with Gasteiger partial charge in [0.15, 0.2) is 29.1 Å². The Morgan fingerprint density at radius 3 is 1.04 bits per heavy atom. The Morgan fingerprint density at radius 1 is 0.346 bits per heavy atom. The highest BCUT2D eigenvalue weighted by atomic mass is 19.1. The van der Waals surface area contributed by atoms with Gasteiger partial charge in [-0.3, -0.25) is 35.3 Å². The summed E-state index contributed by atoms with van der Waals surface area (Å²) in [5.41, 5.74) is 29.4. The van der Waals surface area contributed by atoms with E-state index in [4.69, 9.17) is 22.9 Å². The number of hydrogen-bond donors (Lipinski definition) is 16. The molecule has 33 nitrogen and oxygen atoms in total. The topological polar surface area (TPSA) is 483 Å². The number of nitrogens with zero attached hydrogens (tertiary/aromatic N) is 17. The zero-order valence-electron chi connectivity index (χ0n) is 56.7. The van der Waals surface area contributed by atoms with Crippen LogP contribution in [0.15, 0.2) is 116 Å². The molecule has 4 atom stereocenters. The van der Waals surface area contributed by atoms with Crippen LogP contribution in [0, 0.1) is 23.3 Å². The van der Waals surface area contributed by atoms with E-state index in [1.54, 1.807) is 43.5 Å². The minimum absolute atomic E-state index is 0.00444. The molecule has 4 aliphatic carbocycles. The molecule has 12 aromatic heterocycles. The number of rotatable bonds is 24. The molecular weight excluding hydrogens is 1340 g/mol. The van der Waals surface area contributed by atoms with Crippen LogP contribution >= 0.6 is 0 Å². The van der Waals surface area contributed by atoms with Gasteiger partial charge in [0.05, 0.1) is 66.0 Å². The fraction of sp³-hybridized carbons (Fsp3) is 0.299. The van der Waals surface area contributed by atoms with E-state index in [9.17, 15) is 17.6 Å². The summed E-state index contributed by atoms with van der Waals surface area (Å²) >= 11 is 0. The maximum Gasteiger partial charge on any atom is 0.223 e. The van der Waals surface area contributed by atoms with Crippen LogP contribution in [-0.2, 0) is 0 Å². The van der Waals surface area contributed by atoms with Crippen LogP contribution in [0.2, 0.25) is 0 Å². The third-order valence-electron chi connectivity index (χ3n) is 16.5. The summed E-state index contributed by atoms with van der Waals surface area (Å²) in [4.78, 5) is 53.5. The van der Waals surface area contributed by atoms with Crippen molar-refractivity contribution >= 4 is 93.6 Å². The zero-order valence-corrected chi connectivity index (χ0v) is 56.7. The lowest BCUT2D eigenvalue weighted by Crippen LogP contribution is -2.13. The fourth-order valence-electron chi connectivity index (χ4n) is 10.7. The summed E-state index contributed by atoms with van der Waals surface area (Å²) in [7, 11) is 0. The molecule has 4 unspecified atom stereocenters. The average molecular weight is 1420 g/mol. The average Bonchev–Trinajstić information content (AvgIpc) is 1.86. The van der Waals surface area contributed by atoms with Gasteiger partial charge in [0, 0.05) is 107 Å². The van der Waals surface area contributed by atoms with E-state index >= 15 is 0 Å². The first kappa shape index (κ1) is 69.5. The van der Waals surface area contributed by atoms with Crippen molar-refractivity contribution in [2.24, 2.45) is 0 Å². The van der Waals surface area contributed by atoms with E-state index in [2.05, 4.69) is 148 Å². The highest BCUT2D eigenvalue weighted by Crippen LogP contribution is 2.43. The molecular formula is C67H75F4N33. The number of nitrogens with two attached hydrogens (primary N) is 4. The molecule has 12 heterocycles. The Kier molecular flexibility index (Phi) is 20.9. The van der Waals surface area contributed by atoms with Gasteiger partial charge in [-0.15, -0.1) is 0 Å². The van der Waals surface area contributed by atoms with E-state index in [0.29, 0.717) is 99.2 Å².